The van der Waals surface area contributed by atoms with Crippen molar-refractivity contribution in [1.29, 1.82) is 0 Å². The Morgan fingerprint density at radius 2 is 2.07 bits per heavy atom. The molecule has 82 valence electrons. The van der Waals surface area contributed by atoms with Gasteiger partial charge >= 0.3 is 0 Å². The second-order valence-corrected chi connectivity index (χ2v) is 3.93. The van der Waals surface area contributed by atoms with Crippen LogP contribution in [0.1, 0.15) is 26.3 Å². The summed E-state index contributed by atoms with van der Waals surface area (Å²) in [6.07, 6.45) is 5.91. The summed E-state index contributed by atoms with van der Waals surface area (Å²) in [5, 5.41) is 3.37. The summed E-state index contributed by atoms with van der Waals surface area (Å²) in [4.78, 5) is 4.01. The minimum atomic E-state index is 0.581. The van der Waals surface area contributed by atoms with Crippen molar-refractivity contribution in [2.45, 2.75) is 20.8 Å². The lowest BCUT2D eigenvalue weighted by Gasteiger charge is -2.11. The molecule has 0 bridgehead atoms. The van der Waals surface area contributed by atoms with E-state index in [0.29, 0.717) is 5.92 Å². The molecule has 1 aromatic heterocycles. The van der Waals surface area contributed by atoms with Crippen LogP contribution < -0.4 is 5.32 Å². The van der Waals surface area contributed by atoms with Crippen molar-refractivity contribution in [3.8, 4) is 0 Å². The highest BCUT2D eigenvalue weighted by Crippen LogP contribution is 2.13. The van der Waals surface area contributed by atoms with Gasteiger partial charge in [0.15, 0.2) is 0 Å². The summed E-state index contributed by atoms with van der Waals surface area (Å²) < 4.78 is 0. The zero-order valence-corrected chi connectivity index (χ0v) is 9.83. The van der Waals surface area contributed by atoms with Crippen molar-refractivity contribution in [2.75, 3.05) is 13.1 Å². The van der Waals surface area contributed by atoms with Gasteiger partial charge < -0.3 is 5.32 Å². The van der Waals surface area contributed by atoms with Crippen LogP contribution in [0.2, 0.25) is 0 Å². The molecule has 2 heteroatoms. The molecular weight excluding hydrogens is 184 g/mol. The molecule has 0 aromatic carbocycles. The van der Waals surface area contributed by atoms with E-state index in [0.717, 1.165) is 13.1 Å². The molecule has 0 radical (unpaired) electrons. The Bertz CT molecular complexity index is 302. The SMILES string of the molecule is CCNCC(=Cc1ccncc1)C(C)C. The van der Waals surface area contributed by atoms with Crippen LogP contribution in [0.5, 0.6) is 0 Å². The maximum Gasteiger partial charge on any atom is 0.0273 e. The zero-order chi connectivity index (χ0) is 11.1. The molecule has 1 aromatic rings. The van der Waals surface area contributed by atoms with Gasteiger partial charge in [0.25, 0.3) is 0 Å². The molecule has 1 N–H and O–H groups in total. The third-order valence-corrected chi connectivity index (χ3v) is 2.38. The molecular formula is C13H20N2. The molecule has 0 fully saturated rings. The molecule has 0 amide bonds. The lowest BCUT2D eigenvalue weighted by atomic mass is 10.0. The third kappa shape index (κ3) is 4.26. The van der Waals surface area contributed by atoms with Gasteiger partial charge in [-0.25, -0.2) is 0 Å². The van der Waals surface area contributed by atoms with E-state index in [4.69, 9.17) is 0 Å². The molecule has 0 unspecified atom stereocenters. The Labute approximate surface area is 92.4 Å². The zero-order valence-electron chi connectivity index (χ0n) is 9.83. The molecule has 15 heavy (non-hydrogen) atoms. The highest BCUT2D eigenvalue weighted by atomic mass is 14.8. The number of likely N-dealkylation sites (N-methyl/N-ethyl adjacent to an activating group) is 1. The molecule has 0 saturated heterocycles. The van der Waals surface area contributed by atoms with Crippen LogP contribution in [0.3, 0.4) is 0 Å². The number of hydrogen-bond donors (Lipinski definition) is 1. The van der Waals surface area contributed by atoms with E-state index in [1.54, 1.807) is 0 Å². The van der Waals surface area contributed by atoms with Crippen molar-refractivity contribution >= 4 is 6.08 Å². The predicted octanol–water partition coefficient (Wildman–Crippen LogP) is 2.73. The van der Waals surface area contributed by atoms with E-state index in [1.165, 1.54) is 11.1 Å². The van der Waals surface area contributed by atoms with Crippen molar-refractivity contribution in [1.82, 2.24) is 10.3 Å². The van der Waals surface area contributed by atoms with E-state index in [9.17, 15) is 0 Å². The Kier molecular flexibility index (Phi) is 5.05. The fourth-order valence-corrected chi connectivity index (χ4v) is 1.36. The Hall–Kier alpha value is -1.15. The van der Waals surface area contributed by atoms with E-state index in [2.05, 4.69) is 37.1 Å². The van der Waals surface area contributed by atoms with Gasteiger partial charge in [-0.05, 0) is 30.2 Å². The Morgan fingerprint density at radius 3 is 2.60 bits per heavy atom. The van der Waals surface area contributed by atoms with Gasteiger partial charge in [0, 0.05) is 18.9 Å². The maximum atomic E-state index is 4.01. The lowest BCUT2D eigenvalue weighted by molar-refractivity contribution is 0.682. The molecule has 2 nitrogen and oxygen atoms in total. The van der Waals surface area contributed by atoms with Crippen LogP contribution in [0, 0.1) is 5.92 Å². The van der Waals surface area contributed by atoms with E-state index in [-0.39, 0.29) is 0 Å². The summed E-state index contributed by atoms with van der Waals surface area (Å²) in [7, 11) is 0. The average Bonchev–Trinajstić information content (AvgIpc) is 2.25. The minimum absolute atomic E-state index is 0.581. The normalized spacial score (nSPS) is 12.1. The van der Waals surface area contributed by atoms with Gasteiger partial charge in [-0.15, -0.1) is 0 Å². The van der Waals surface area contributed by atoms with Crippen LogP contribution in [0.15, 0.2) is 30.1 Å². The monoisotopic (exact) mass is 204 g/mol. The topological polar surface area (TPSA) is 24.9 Å². The van der Waals surface area contributed by atoms with E-state index >= 15 is 0 Å². The fraction of sp³-hybridized carbons (Fsp3) is 0.462. The number of pyridine rings is 1. The van der Waals surface area contributed by atoms with Gasteiger partial charge in [-0.2, -0.15) is 0 Å². The van der Waals surface area contributed by atoms with Crippen LogP contribution in [-0.2, 0) is 0 Å². The minimum Gasteiger partial charge on any atom is -0.313 e. The van der Waals surface area contributed by atoms with Crippen molar-refractivity contribution in [3.63, 3.8) is 0 Å². The number of rotatable bonds is 5. The number of hydrogen-bond acceptors (Lipinski definition) is 2. The van der Waals surface area contributed by atoms with Crippen LogP contribution in [-0.4, -0.2) is 18.1 Å². The second-order valence-electron chi connectivity index (χ2n) is 3.93. The standard InChI is InChI=1S/C13H20N2/c1-4-14-10-13(11(2)3)9-12-5-7-15-8-6-12/h5-9,11,14H,4,10H2,1-3H3. The third-order valence-electron chi connectivity index (χ3n) is 2.38. The fourth-order valence-electron chi connectivity index (χ4n) is 1.36. The predicted molar refractivity (Wildman–Crippen MR) is 65.6 cm³/mol. The van der Waals surface area contributed by atoms with Crippen LogP contribution in [0.4, 0.5) is 0 Å². The summed E-state index contributed by atoms with van der Waals surface area (Å²) in [6, 6.07) is 4.07. The number of nitrogens with zero attached hydrogens (tertiary/aromatic N) is 1. The Morgan fingerprint density at radius 1 is 1.40 bits per heavy atom. The molecule has 0 atom stereocenters. The van der Waals surface area contributed by atoms with Crippen molar-refractivity contribution < 1.29 is 0 Å². The quantitative estimate of drug-likeness (QED) is 0.797. The summed E-state index contributed by atoms with van der Waals surface area (Å²) in [5.74, 6) is 0.581. The first-order chi connectivity index (χ1) is 7.24. The van der Waals surface area contributed by atoms with E-state index < -0.39 is 0 Å². The van der Waals surface area contributed by atoms with Crippen molar-refractivity contribution in [3.05, 3.63) is 35.7 Å². The number of nitrogens with one attached hydrogen (secondary N) is 1. The second kappa shape index (κ2) is 6.36. The average molecular weight is 204 g/mol. The molecule has 0 aliphatic heterocycles. The smallest absolute Gasteiger partial charge is 0.0273 e. The molecule has 0 aliphatic rings. The summed E-state index contributed by atoms with van der Waals surface area (Å²) in [5.41, 5.74) is 2.66. The molecule has 1 heterocycles. The Balaban J connectivity index is 2.75. The van der Waals surface area contributed by atoms with Gasteiger partial charge in [0.1, 0.15) is 0 Å². The first-order valence-electron chi connectivity index (χ1n) is 5.55. The first-order valence-corrected chi connectivity index (χ1v) is 5.55. The van der Waals surface area contributed by atoms with Crippen LogP contribution >= 0.6 is 0 Å². The van der Waals surface area contributed by atoms with Gasteiger partial charge in [0.2, 0.25) is 0 Å². The molecule has 0 saturated carbocycles. The molecule has 1 rings (SSSR count). The first kappa shape index (κ1) is 11.9. The molecule has 0 aliphatic carbocycles. The van der Waals surface area contributed by atoms with E-state index in [1.807, 2.05) is 24.5 Å². The van der Waals surface area contributed by atoms with Gasteiger partial charge in [-0.3, -0.25) is 4.98 Å². The van der Waals surface area contributed by atoms with Gasteiger partial charge in [-0.1, -0.05) is 32.4 Å². The summed E-state index contributed by atoms with van der Waals surface area (Å²) in [6.45, 7) is 8.57. The van der Waals surface area contributed by atoms with Crippen molar-refractivity contribution in [2.24, 2.45) is 5.92 Å². The number of aromatic nitrogens is 1. The van der Waals surface area contributed by atoms with Crippen LogP contribution in [0.25, 0.3) is 6.08 Å². The highest BCUT2D eigenvalue weighted by molar-refractivity contribution is 5.52. The largest absolute Gasteiger partial charge is 0.313 e. The van der Waals surface area contributed by atoms with Gasteiger partial charge in [0.05, 0.1) is 0 Å². The highest BCUT2D eigenvalue weighted by Gasteiger charge is 2.02. The molecule has 0 spiro atoms. The summed E-state index contributed by atoms with van der Waals surface area (Å²) >= 11 is 0. The maximum absolute atomic E-state index is 4.01. The lowest BCUT2D eigenvalue weighted by Crippen LogP contribution is -2.18.